The Morgan fingerprint density at radius 1 is 1.16 bits per heavy atom. The topological polar surface area (TPSA) is 88.9 Å². The molecule has 0 fully saturated rings. The van der Waals surface area contributed by atoms with Gasteiger partial charge in [0.25, 0.3) is 5.91 Å². The highest BCUT2D eigenvalue weighted by Crippen LogP contribution is 2.21. The lowest BCUT2D eigenvalue weighted by Gasteiger charge is -2.10. The van der Waals surface area contributed by atoms with Gasteiger partial charge in [-0.25, -0.2) is 4.39 Å². The van der Waals surface area contributed by atoms with E-state index in [9.17, 15) is 14.0 Å². The lowest BCUT2D eigenvalue weighted by molar-refractivity contribution is -0.113. The minimum atomic E-state index is -0.382. The number of thioether (sulfide) groups is 1. The Balaban J connectivity index is 1.61. The molecule has 0 unspecified atom stereocenters. The zero-order valence-electron chi connectivity index (χ0n) is 16.6. The summed E-state index contributed by atoms with van der Waals surface area (Å²) in [6.45, 7) is 4.21. The van der Waals surface area contributed by atoms with E-state index in [1.807, 2.05) is 0 Å². The van der Waals surface area contributed by atoms with E-state index in [1.165, 1.54) is 48.2 Å². The Kier molecular flexibility index (Phi) is 8.26. The van der Waals surface area contributed by atoms with Crippen molar-refractivity contribution in [2.45, 2.75) is 18.2 Å². The number of nitrogens with zero attached hydrogens (tertiary/aromatic N) is 3. The number of carbonyl (C=O) groups excluding carboxylic acids is 2. The van der Waals surface area contributed by atoms with E-state index in [0.29, 0.717) is 28.2 Å². The first kappa shape index (κ1) is 23.8. The Morgan fingerprint density at radius 3 is 2.59 bits per heavy atom. The van der Waals surface area contributed by atoms with Gasteiger partial charge < -0.3 is 15.2 Å². The van der Waals surface area contributed by atoms with E-state index in [4.69, 9.17) is 23.2 Å². The summed E-state index contributed by atoms with van der Waals surface area (Å²) in [5.41, 5.74) is 0.784. The molecule has 7 nitrogen and oxygen atoms in total. The predicted molar refractivity (Wildman–Crippen MR) is 124 cm³/mol. The summed E-state index contributed by atoms with van der Waals surface area (Å²) in [5, 5.41) is 14.8. The lowest BCUT2D eigenvalue weighted by atomic mass is 10.2. The smallest absolute Gasteiger partial charge is 0.253 e. The number of benzene rings is 2. The quantitative estimate of drug-likeness (QED) is 0.336. The number of hydrogen-bond donors (Lipinski definition) is 2. The molecule has 32 heavy (non-hydrogen) atoms. The summed E-state index contributed by atoms with van der Waals surface area (Å²) < 4.78 is 14.7. The van der Waals surface area contributed by atoms with Crippen LogP contribution in [0, 0.1) is 5.82 Å². The summed E-state index contributed by atoms with van der Waals surface area (Å²) in [6.07, 6.45) is 1.66. The number of amides is 2. The van der Waals surface area contributed by atoms with Gasteiger partial charge in [-0.1, -0.05) is 41.0 Å². The number of nitrogens with one attached hydrogen (secondary N) is 2. The number of aromatic nitrogens is 3. The summed E-state index contributed by atoms with van der Waals surface area (Å²) in [4.78, 5) is 24.6. The molecule has 2 N–H and O–H groups in total. The van der Waals surface area contributed by atoms with Crippen LogP contribution in [0.1, 0.15) is 16.2 Å². The molecule has 3 rings (SSSR count). The van der Waals surface area contributed by atoms with Crippen molar-refractivity contribution in [3.63, 3.8) is 0 Å². The van der Waals surface area contributed by atoms with Crippen LogP contribution in [0.2, 0.25) is 10.0 Å². The minimum absolute atomic E-state index is 0.0688. The van der Waals surface area contributed by atoms with Crippen molar-refractivity contribution in [2.24, 2.45) is 0 Å². The summed E-state index contributed by atoms with van der Waals surface area (Å²) in [5.74, 6) is -0.480. The average molecular weight is 494 g/mol. The standard InChI is InChI=1S/C21H18Cl2FN5O2S/c1-2-9-29-18(11-25-20(31)16-8-3-13(22)10-17(16)23)27-28-21(29)32-12-19(30)26-15-6-4-14(24)5-7-15/h2-8,10H,1,9,11-12H2,(H,25,31)(H,26,30). The van der Waals surface area contributed by atoms with Crippen molar-refractivity contribution in [3.05, 3.63) is 82.4 Å². The molecule has 0 radical (unpaired) electrons. The number of rotatable bonds is 9. The molecule has 0 spiro atoms. The number of halogens is 3. The van der Waals surface area contributed by atoms with Gasteiger partial charge in [-0.2, -0.15) is 0 Å². The molecule has 2 amide bonds. The van der Waals surface area contributed by atoms with Crippen LogP contribution in [-0.4, -0.2) is 32.3 Å². The Labute approximate surface area is 198 Å². The molecule has 0 saturated heterocycles. The van der Waals surface area contributed by atoms with E-state index in [2.05, 4.69) is 27.4 Å². The molecule has 1 aromatic heterocycles. The first-order chi connectivity index (χ1) is 15.4. The third-order valence-corrected chi connectivity index (χ3v) is 5.66. The Morgan fingerprint density at radius 2 is 1.91 bits per heavy atom. The molecule has 2 aromatic carbocycles. The van der Waals surface area contributed by atoms with Crippen LogP contribution >= 0.6 is 35.0 Å². The van der Waals surface area contributed by atoms with Crippen LogP contribution in [0.3, 0.4) is 0 Å². The van der Waals surface area contributed by atoms with E-state index < -0.39 is 0 Å². The van der Waals surface area contributed by atoms with Crippen LogP contribution in [0.25, 0.3) is 0 Å². The lowest BCUT2D eigenvalue weighted by Crippen LogP contribution is -2.25. The van der Waals surface area contributed by atoms with Gasteiger partial charge in [0.05, 0.1) is 22.9 Å². The maximum absolute atomic E-state index is 13.0. The van der Waals surface area contributed by atoms with Gasteiger partial charge in [0, 0.05) is 17.3 Å². The molecule has 0 bridgehead atoms. The van der Waals surface area contributed by atoms with E-state index in [-0.39, 0.29) is 40.5 Å². The van der Waals surface area contributed by atoms with E-state index in [1.54, 1.807) is 16.7 Å². The maximum atomic E-state index is 13.0. The summed E-state index contributed by atoms with van der Waals surface area (Å²) in [7, 11) is 0. The summed E-state index contributed by atoms with van der Waals surface area (Å²) in [6, 6.07) is 10.1. The van der Waals surface area contributed by atoms with Crippen molar-refractivity contribution in [3.8, 4) is 0 Å². The van der Waals surface area contributed by atoms with Gasteiger partial charge in [-0.3, -0.25) is 9.59 Å². The van der Waals surface area contributed by atoms with Gasteiger partial charge >= 0.3 is 0 Å². The molecule has 3 aromatic rings. The molecule has 1 heterocycles. The maximum Gasteiger partial charge on any atom is 0.253 e. The molecular weight excluding hydrogens is 476 g/mol. The predicted octanol–water partition coefficient (Wildman–Crippen LogP) is 4.57. The van der Waals surface area contributed by atoms with Crippen molar-refractivity contribution in [1.29, 1.82) is 0 Å². The third kappa shape index (κ3) is 6.32. The first-order valence-corrected chi connectivity index (χ1v) is 11.1. The molecule has 0 aliphatic heterocycles. The second-order valence-corrected chi connectivity index (χ2v) is 8.23. The van der Waals surface area contributed by atoms with Gasteiger partial charge in [-0.05, 0) is 42.5 Å². The van der Waals surface area contributed by atoms with Crippen LogP contribution in [0.5, 0.6) is 0 Å². The van der Waals surface area contributed by atoms with Gasteiger partial charge in [-0.15, -0.1) is 16.8 Å². The second-order valence-electron chi connectivity index (χ2n) is 6.45. The van der Waals surface area contributed by atoms with Crippen molar-refractivity contribution in [1.82, 2.24) is 20.1 Å². The zero-order chi connectivity index (χ0) is 23.1. The number of hydrogen-bond acceptors (Lipinski definition) is 5. The molecule has 0 saturated carbocycles. The number of anilines is 1. The molecular formula is C21H18Cl2FN5O2S. The minimum Gasteiger partial charge on any atom is -0.345 e. The van der Waals surface area contributed by atoms with Gasteiger partial charge in [0.15, 0.2) is 11.0 Å². The highest BCUT2D eigenvalue weighted by atomic mass is 35.5. The van der Waals surface area contributed by atoms with Crippen molar-refractivity contribution >= 4 is 52.5 Å². The monoisotopic (exact) mass is 493 g/mol. The Hall–Kier alpha value is -2.88. The highest BCUT2D eigenvalue weighted by molar-refractivity contribution is 7.99. The second kappa shape index (κ2) is 11.1. The van der Waals surface area contributed by atoms with E-state index >= 15 is 0 Å². The Bertz CT molecular complexity index is 1140. The third-order valence-electron chi connectivity index (χ3n) is 4.15. The molecule has 0 aliphatic rings. The molecule has 0 aliphatic carbocycles. The first-order valence-electron chi connectivity index (χ1n) is 9.32. The fraction of sp³-hybridized carbons (Fsp3) is 0.143. The van der Waals surface area contributed by atoms with Crippen LogP contribution < -0.4 is 10.6 Å². The summed E-state index contributed by atoms with van der Waals surface area (Å²) >= 11 is 13.1. The van der Waals surface area contributed by atoms with Crippen LogP contribution in [0.4, 0.5) is 10.1 Å². The SMILES string of the molecule is C=CCn1c(CNC(=O)c2ccc(Cl)cc2Cl)nnc1SCC(=O)Nc1ccc(F)cc1. The number of allylic oxidation sites excluding steroid dienone is 1. The van der Waals surface area contributed by atoms with Gasteiger partial charge in [0.2, 0.25) is 5.91 Å². The van der Waals surface area contributed by atoms with Crippen LogP contribution in [0.15, 0.2) is 60.3 Å². The molecule has 11 heteroatoms. The van der Waals surface area contributed by atoms with Crippen LogP contribution in [-0.2, 0) is 17.9 Å². The van der Waals surface area contributed by atoms with Crippen molar-refractivity contribution < 1.29 is 14.0 Å². The van der Waals surface area contributed by atoms with E-state index in [0.717, 1.165) is 0 Å². The largest absolute Gasteiger partial charge is 0.345 e. The molecule has 166 valence electrons. The highest BCUT2D eigenvalue weighted by Gasteiger charge is 2.16. The normalized spacial score (nSPS) is 10.6. The number of carbonyl (C=O) groups is 2. The molecule has 0 atom stereocenters. The van der Waals surface area contributed by atoms with Gasteiger partial charge in [0.1, 0.15) is 5.82 Å². The fourth-order valence-electron chi connectivity index (χ4n) is 2.66. The zero-order valence-corrected chi connectivity index (χ0v) is 19.0. The fourth-order valence-corrected chi connectivity index (χ4v) is 3.92. The average Bonchev–Trinajstić information content (AvgIpc) is 3.14. The van der Waals surface area contributed by atoms with Crippen molar-refractivity contribution in [2.75, 3.05) is 11.1 Å².